The molecular formula is C11H7F2NO2S. The Labute approximate surface area is 99.7 Å². The number of hydrogen-bond donors (Lipinski definition) is 0. The normalized spacial score (nSPS) is 10.3. The van der Waals surface area contributed by atoms with Crippen LogP contribution < -0.4 is 0 Å². The van der Waals surface area contributed by atoms with E-state index in [0.717, 1.165) is 23.5 Å². The summed E-state index contributed by atoms with van der Waals surface area (Å²) < 4.78 is 30.2. The Balaban J connectivity index is 2.37. The van der Waals surface area contributed by atoms with Crippen LogP contribution in [0.3, 0.4) is 0 Å². The van der Waals surface area contributed by atoms with Crippen LogP contribution in [0, 0.1) is 11.6 Å². The largest absolute Gasteiger partial charge is 0.464 e. The molecule has 0 unspecified atom stereocenters. The van der Waals surface area contributed by atoms with Gasteiger partial charge in [-0.1, -0.05) is 0 Å². The van der Waals surface area contributed by atoms with Gasteiger partial charge in [0, 0.05) is 10.9 Å². The summed E-state index contributed by atoms with van der Waals surface area (Å²) >= 11 is 1.16. The van der Waals surface area contributed by atoms with Crippen molar-refractivity contribution in [1.29, 1.82) is 0 Å². The summed E-state index contributed by atoms with van der Waals surface area (Å²) in [6, 6.07) is 3.46. The Kier molecular flexibility index (Phi) is 3.14. The van der Waals surface area contributed by atoms with E-state index in [1.807, 2.05) is 0 Å². The van der Waals surface area contributed by atoms with Crippen molar-refractivity contribution >= 4 is 17.3 Å². The highest BCUT2D eigenvalue weighted by atomic mass is 32.1. The zero-order chi connectivity index (χ0) is 12.4. The first kappa shape index (κ1) is 11.7. The van der Waals surface area contributed by atoms with E-state index in [2.05, 4.69) is 9.72 Å². The molecule has 0 aliphatic rings. The predicted octanol–water partition coefficient (Wildman–Crippen LogP) is 2.87. The maximum Gasteiger partial charge on any atom is 0.357 e. The van der Waals surface area contributed by atoms with Gasteiger partial charge in [-0.25, -0.2) is 18.6 Å². The highest BCUT2D eigenvalue weighted by Gasteiger charge is 2.13. The van der Waals surface area contributed by atoms with Crippen molar-refractivity contribution in [2.75, 3.05) is 7.11 Å². The number of carbonyl (C=O) groups is 1. The molecule has 0 bridgehead atoms. The molecule has 1 aromatic carbocycles. The quantitative estimate of drug-likeness (QED) is 0.774. The molecule has 0 amide bonds. The van der Waals surface area contributed by atoms with Gasteiger partial charge in [0.1, 0.15) is 5.01 Å². The van der Waals surface area contributed by atoms with Gasteiger partial charge in [-0.3, -0.25) is 0 Å². The van der Waals surface area contributed by atoms with E-state index in [9.17, 15) is 13.6 Å². The molecule has 0 saturated heterocycles. The number of thiazole rings is 1. The first-order valence-corrected chi connectivity index (χ1v) is 5.49. The summed E-state index contributed by atoms with van der Waals surface area (Å²) in [6.45, 7) is 0. The van der Waals surface area contributed by atoms with Gasteiger partial charge in [-0.2, -0.15) is 0 Å². The Bertz CT molecular complexity index is 568. The van der Waals surface area contributed by atoms with Crippen LogP contribution >= 0.6 is 11.3 Å². The fourth-order valence-corrected chi connectivity index (χ4v) is 2.02. The van der Waals surface area contributed by atoms with E-state index < -0.39 is 17.6 Å². The van der Waals surface area contributed by atoms with Crippen molar-refractivity contribution < 1.29 is 18.3 Å². The van der Waals surface area contributed by atoms with Crippen LogP contribution in [0.25, 0.3) is 10.6 Å². The zero-order valence-electron chi connectivity index (χ0n) is 8.74. The molecule has 0 spiro atoms. The third-order valence-electron chi connectivity index (χ3n) is 2.07. The number of hydrogen-bond acceptors (Lipinski definition) is 4. The van der Waals surface area contributed by atoms with E-state index in [-0.39, 0.29) is 5.69 Å². The van der Waals surface area contributed by atoms with Crippen LogP contribution in [0.4, 0.5) is 8.78 Å². The SMILES string of the molecule is COC(=O)c1csc(-c2ccc(F)c(F)c2)n1. The first-order valence-electron chi connectivity index (χ1n) is 4.61. The Morgan fingerprint density at radius 1 is 1.35 bits per heavy atom. The molecule has 0 atom stereocenters. The Morgan fingerprint density at radius 2 is 2.12 bits per heavy atom. The highest BCUT2D eigenvalue weighted by Crippen LogP contribution is 2.25. The van der Waals surface area contributed by atoms with E-state index in [0.29, 0.717) is 10.6 Å². The van der Waals surface area contributed by atoms with Crippen LogP contribution in [0.5, 0.6) is 0 Å². The maximum absolute atomic E-state index is 13.0. The van der Waals surface area contributed by atoms with Crippen molar-refractivity contribution in [2.24, 2.45) is 0 Å². The monoisotopic (exact) mass is 255 g/mol. The first-order chi connectivity index (χ1) is 8.11. The number of esters is 1. The summed E-state index contributed by atoms with van der Waals surface area (Å²) in [6.07, 6.45) is 0. The third kappa shape index (κ3) is 2.31. The van der Waals surface area contributed by atoms with Crippen molar-refractivity contribution in [3.05, 3.63) is 40.9 Å². The number of aromatic nitrogens is 1. The molecular weight excluding hydrogens is 248 g/mol. The predicted molar refractivity (Wildman–Crippen MR) is 58.8 cm³/mol. The molecule has 6 heteroatoms. The molecule has 3 nitrogen and oxygen atoms in total. The van der Waals surface area contributed by atoms with Gasteiger partial charge in [0.25, 0.3) is 0 Å². The van der Waals surface area contributed by atoms with Crippen molar-refractivity contribution in [3.63, 3.8) is 0 Å². The van der Waals surface area contributed by atoms with E-state index >= 15 is 0 Å². The van der Waals surface area contributed by atoms with Crippen LogP contribution in [0.1, 0.15) is 10.5 Å². The Morgan fingerprint density at radius 3 is 2.76 bits per heavy atom. The van der Waals surface area contributed by atoms with Gasteiger partial charge >= 0.3 is 5.97 Å². The van der Waals surface area contributed by atoms with Crippen LogP contribution in [0.2, 0.25) is 0 Å². The second-order valence-electron chi connectivity index (χ2n) is 3.16. The second-order valence-corrected chi connectivity index (χ2v) is 4.02. The lowest BCUT2D eigenvalue weighted by Crippen LogP contribution is -2.00. The van der Waals surface area contributed by atoms with E-state index in [4.69, 9.17) is 0 Å². The minimum atomic E-state index is -0.947. The number of ether oxygens (including phenoxy) is 1. The molecule has 0 saturated carbocycles. The molecule has 0 fully saturated rings. The number of rotatable bonds is 2. The van der Waals surface area contributed by atoms with Crippen LogP contribution in [0.15, 0.2) is 23.6 Å². The Hall–Kier alpha value is -1.82. The van der Waals surface area contributed by atoms with Gasteiger partial charge in [0.2, 0.25) is 0 Å². The fourth-order valence-electron chi connectivity index (χ4n) is 1.23. The average Bonchev–Trinajstić information content (AvgIpc) is 2.81. The van der Waals surface area contributed by atoms with E-state index in [1.165, 1.54) is 18.6 Å². The molecule has 0 aliphatic carbocycles. The number of benzene rings is 1. The van der Waals surface area contributed by atoms with Gasteiger partial charge in [-0.05, 0) is 18.2 Å². The van der Waals surface area contributed by atoms with Gasteiger partial charge in [0.15, 0.2) is 17.3 Å². The summed E-state index contributed by atoms with van der Waals surface area (Å²) in [5.74, 6) is -2.43. The molecule has 0 radical (unpaired) electrons. The van der Waals surface area contributed by atoms with Crippen LogP contribution in [-0.4, -0.2) is 18.1 Å². The summed E-state index contributed by atoms with van der Waals surface area (Å²) in [5.41, 5.74) is 0.571. The van der Waals surface area contributed by atoms with Crippen molar-refractivity contribution in [1.82, 2.24) is 4.98 Å². The minimum absolute atomic E-state index is 0.150. The average molecular weight is 255 g/mol. The van der Waals surface area contributed by atoms with Gasteiger partial charge < -0.3 is 4.74 Å². The summed E-state index contributed by atoms with van der Waals surface area (Å²) in [4.78, 5) is 15.1. The van der Waals surface area contributed by atoms with Crippen molar-refractivity contribution in [3.8, 4) is 10.6 Å². The topological polar surface area (TPSA) is 39.2 Å². The molecule has 1 heterocycles. The lowest BCUT2D eigenvalue weighted by atomic mass is 10.2. The summed E-state index contributed by atoms with van der Waals surface area (Å²) in [7, 11) is 1.25. The molecule has 0 N–H and O–H groups in total. The standard InChI is InChI=1S/C11H7F2NO2S/c1-16-11(15)9-5-17-10(14-9)6-2-3-7(12)8(13)4-6/h2-5H,1H3. The van der Waals surface area contributed by atoms with Crippen LogP contribution in [-0.2, 0) is 4.74 Å². The third-order valence-corrected chi connectivity index (χ3v) is 2.96. The molecule has 2 rings (SSSR count). The molecule has 17 heavy (non-hydrogen) atoms. The highest BCUT2D eigenvalue weighted by molar-refractivity contribution is 7.13. The maximum atomic E-state index is 13.0. The smallest absolute Gasteiger partial charge is 0.357 e. The lowest BCUT2D eigenvalue weighted by Gasteiger charge is -1.97. The zero-order valence-corrected chi connectivity index (χ0v) is 9.55. The molecule has 2 aromatic rings. The van der Waals surface area contributed by atoms with Crippen molar-refractivity contribution in [2.45, 2.75) is 0 Å². The van der Waals surface area contributed by atoms with Gasteiger partial charge in [0.05, 0.1) is 7.11 Å². The fraction of sp³-hybridized carbons (Fsp3) is 0.0909. The van der Waals surface area contributed by atoms with E-state index in [1.54, 1.807) is 0 Å². The molecule has 0 aliphatic heterocycles. The summed E-state index contributed by atoms with van der Waals surface area (Å²) in [5, 5.41) is 1.94. The molecule has 88 valence electrons. The lowest BCUT2D eigenvalue weighted by molar-refractivity contribution is 0.0595. The number of nitrogens with zero attached hydrogens (tertiary/aromatic N) is 1. The number of halogens is 2. The van der Waals surface area contributed by atoms with Gasteiger partial charge in [-0.15, -0.1) is 11.3 Å². The minimum Gasteiger partial charge on any atom is -0.464 e. The molecule has 1 aromatic heterocycles. The second kappa shape index (κ2) is 4.58. The number of carbonyl (C=O) groups excluding carboxylic acids is 1. The number of methoxy groups -OCH3 is 1.